The second kappa shape index (κ2) is 10.8. The number of rotatable bonds is 8. The van der Waals surface area contributed by atoms with Gasteiger partial charge in [-0.3, -0.25) is 9.59 Å². The number of ether oxygens (including phenoxy) is 1. The summed E-state index contributed by atoms with van der Waals surface area (Å²) in [6, 6.07) is 15.8. The highest BCUT2D eigenvalue weighted by atomic mass is 16.5. The Morgan fingerprint density at radius 3 is 2.67 bits per heavy atom. The van der Waals surface area contributed by atoms with Gasteiger partial charge in [-0.25, -0.2) is 0 Å². The number of benzene rings is 2. The first kappa shape index (κ1) is 21.9. The Morgan fingerprint density at radius 1 is 1.13 bits per heavy atom. The van der Waals surface area contributed by atoms with Crippen molar-refractivity contribution in [1.82, 2.24) is 4.90 Å². The van der Waals surface area contributed by atoms with E-state index in [2.05, 4.69) is 17.4 Å². The Kier molecular flexibility index (Phi) is 7.89. The number of methoxy groups -OCH3 is 1. The van der Waals surface area contributed by atoms with Crippen molar-refractivity contribution >= 4 is 17.5 Å². The van der Waals surface area contributed by atoms with Gasteiger partial charge < -0.3 is 15.0 Å². The molecule has 2 aromatic rings. The predicted molar refractivity (Wildman–Crippen MR) is 120 cm³/mol. The number of hydrogen-bond donors (Lipinski definition) is 1. The number of piperidine rings is 1. The molecule has 1 heterocycles. The predicted octanol–water partition coefficient (Wildman–Crippen LogP) is 4.59. The minimum Gasteiger partial charge on any atom is -0.497 e. The average molecular weight is 409 g/mol. The van der Waals surface area contributed by atoms with Gasteiger partial charge in [0.25, 0.3) is 0 Å². The lowest BCUT2D eigenvalue weighted by atomic mass is 9.93. The van der Waals surface area contributed by atoms with Gasteiger partial charge in [-0.1, -0.05) is 30.3 Å². The number of nitrogens with one attached hydrogen (secondary N) is 1. The number of likely N-dealkylation sites (tertiary alicyclic amines) is 1. The molecule has 1 aliphatic rings. The molecule has 160 valence electrons. The molecular formula is C25H32N2O3. The number of aryl methyl sites for hydroxylation is 2. The van der Waals surface area contributed by atoms with E-state index >= 15 is 0 Å². The molecule has 1 aliphatic heterocycles. The summed E-state index contributed by atoms with van der Waals surface area (Å²) in [5.41, 5.74) is 3.00. The number of carbonyl (C=O) groups is 2. The fourth-order valence-corrected chi connectivity index (χ4v) is 4.03. The molecule has 0 radical (unpaired) electrons. The van der Waals surface area contributed by atoms with E-state index in [0.29, 0.717) is 18.8 Å². The minimum atomic E-state index is 0.0239. The monoisotopic (exact) mass is 408 g/mol. The zero-order valence-electron chi connectivity index (χ0n) is 18.0. The number of amides is 2. The molecule has 0 aromatic heterocycles. The maximum absolute atomic E-state index is 12.6. The van der Waals surface area contributed by atoms with Gasteiger partial charge in [-0.2, -0.15) is 0 Å². The molecule has 5 heteroatoms. The van der Waals surface area contributed by atoms with Gasteiger partial charge in [-0.05, 0) is 67.9 Å². The van der Waals surface area contributed by atoms with Crippen molar-refractivity contribution in [3.05, 3.63) is 59.7 Å². The Hall–Kier alpha value is -2.82. The molecule has 30 heavy (non-hydrogen) atoms. The third-order valence-corrected chi connectivity index (χ3v) is 5.83. The fraction of sp³-hybridized carbons (Fsp3) is 0.440. The van der Waals surface area contributed by atoms with Crippen molar-refractivity contribution in [2.75, 3.05) is 25.5 Å². The molecule has 2 aromatic carbocycles. The van der Waals surface area contributed by atoms with Gasteiger partial charge in [0.2, 0.25) is 11.8 Å². The van der Waals surface area contributed by atoms with E-state index < -0.39 is 0 Å². The van der Waals surface area contributed by atoms with E-state index in [0.717, 1.165) is 55.8 Å². The second-order valence-corrected chi connectivity index (χ2v) is 8.10. The maximum Gasteiger partial charge on any atom is 0.224 e. The Bertz CT molecular complexity index is 851. The zero-order valence-corrected chi connectivity index (χ0v) is 18.0. The molecule has 1 fully saturated rings. The molecule has 0 saturated carbocycles. The van der Waals surface area contributed by atoms with Crippen LogP contribution in [-0.2, 0) is 16.0 Å². The lowest BCUT2D eigenvalue weighted by Gasteiger charge is -2.33. The van der Waals surface area contributed by atoms with Gasteiger partial charge in [-0.15, -0.1) is 0 Å². The Balaban J connectivity index is 1.43. The normalized spacial score (nSPS) is 16.2. The number of hydrogen-bond acceptors (Lipinski definition) is 3. The molecule has 3 rings (SSSR count). The van der Waals surface area contributed by atoms with Gasteiger partial charge in [0.05, 0.1) is 7.11 Å². The van der Waals surface area contributed by atoms with Gasteiger partial charge in [0.15, 0.2) is 0 Å². The summed E-state index contributed by atoms with van der Waals surface area (Å²) in [6.07, 6.45) is 4.71. The van der Waals surface area contributed by atoms with E-state index in [4.69, 9.17) is 4.74 Å². The Morgan fingerprint density at radius 2 is 1.93 bits per heavy atom. The van der Waals surface area contributed by atoms with E-state index in [1.165, 1.54) is 5.56 Å². The summed E-state index contributed by atoms with van der Waals surface area (Å²) < 4.78 is 5.21. The van der Waals surface area contributed by atoms with Crippen LogP contribution >= 0.6 is 0 Å². The summed E-state index contributed by atoms with van der Waals surface area (Å²) in [6.45, 7) is 3.56. The summed E-state index contributed by atoms with van der Waals surface area (Å²) >= 11 is 0. The molecule has 0 aliphatic carbocycles. The first-order valence-corrected chi connectivity index (χ1v) is 10.8. The van der Waals surface area contributed by atoms with Gasteiger partial charge in [0, 0.05) is 31.6 Å². The van der Waals surface area contributed by atoms with Crippen LogP contribution in [0.4, 0.5) is 5.69 Å². The van der Waals surface area contributed by atoms with Crippen LogP contribution in [0, 0.1) is 12.8 Å². The van der Waals surface area contributed by atoms with Gasteiger partial charge in [0.1, 0.15) is 5.75 Å². The zero-order chi connectivity index (χ0) is 21.3. The summed E-state index contributed by atoms with van der Waals surface area (Å²) in [5.74, 6) is 1.42. The molecule has 1 N–H and O–H groups in total. The van der Waals surface area contributed by atoms with Crippen LogP contribution in [0.5, 0.6) is 5.75 Å². The van der Waals surface area contributed by atoms with Crippen molar-refractivity contribution in [2.24, 2.45) is 5.92 Å². The van der Waals surface area contributed by atoms with Crippen LogP contribution in [0.2, 0.25) is 0 Å². The molecule has 1 atom stereocenters. The van der Waals surface area contributed by atoms with Crippen LogP contribution in [-0.4, -0.2) is 36.9 Å². The molecule has 0 unspecified atom stereocenters. The largest absolute Gasteiger partial charge is 0.497 e. The first-order valence-electron chi connectivity index (χ1n) is 10.8. The maximum atomic E-state index is 12.6. The second-order valence-electron chi connectivity index (χ2n) is 8.10. The van der Waals surface area contributed by atoms with Crippen molar-refractivity contribution in [2.45, 2.75) is 45.4 Å². The van der Waals surface area contributed by atoms with Crippen LogP contribution in [0.3, 0.4) is 0 Å². The lowest BCUT2D eigenvalue weighted by Crippen LogP contribution is -2.40. The highest BCUT2D eigenvalue weighted by molar-refractivity contribution is 5.91. The SMILES string of the molecule is COc1ccc(NC(=O)CC[C@@H]2CCCN(C(=O)CCc3ccccc3)C2)c(C)c1. The summed E-state index contributed by atoms with van der Waals surface area (Å²) in [5, 5.41) is 3.00. The lowest BCUT2D eigenvalue weighted by molar-refractivity contribution is -0.133. The average Bonchev–Trinajstić information content (AvgIpc) is 2.78. The van der Waals surface area contributed by atoms with E-state index in [9.17, 15) is 9.59 Å². The molecule has 5 nitrogen and oxygen atoms in total. The summed E-state index contributed by atoms with van der Waals surface area (Å²) in [7, 11) is 1.63. The van der Waals surface area contributed by atoms with Gasteiger partial charge >= 0.3 is 0 Å². The van der Waals surface area contributed by atoms with Crippen molar-refractivity contribution in [3.8, 4) is 5.75 Å². The van der Waals surface area contributed by atoms with Crippen molar-refractivity contribution in [3.63, 3.8) is 0 Å². The molecule has 1 saturated heterocycles. The number of nitrogens with zero attached hydrogens (tertiary/aromatic N) is 1. The fourth-order valence-electron chi connectivity index (χ4n) is 4.03. The van der Waals surface area contributed by atoms with E-state index in [1.54, 1.807) is 7.11 Å². The van der Waals surface area contributed by atoms with Crippen LogP contribution < -0.4 is 10.1 Å². The molecule has 0 bridgehead atoms. The highest BCUT2D eigenvalue weighted by Crippen LogP contribution is 2.24. The molecular weight excluding hydrogens is 376 g/mol. The summed E-state index contributed by atoms with van der Waals surface area (Å²) in [4.78, 5) is 27.0. The molecule has 2 amide bonds. The van der Waals surface area contributed by atoms with Crippen molar-refractivity contribution < 1.29 is 14.3 Å². The first-order chi connectivity index (χ1) is 14.5. The minimum absolute atomic E-state index is 0.0239. The highest BCUT2D eigenvalue weighted by Gasteiger charge is 2.24. The quantitative estimate of drug-likeness (QED) is 0.695. The Labute approximate surface area is 179 Å². The third kappa shape index (κ3) is 6.34. The molecule has 0 spiro atoms. The third-order valence-electron chi connectivity index (χ3n) is 5.83. The topological polar surface area (TPSA) is 58.6 Å². The standard InChI is InChI=1S/C25H32N2O3/c1-19-17-22(30-2)12-13-23(19)26-24(28)14-10-21-9-6-16-27(18-21)25(29)15-11-20-7-4-3-5-8-20/h3-5,7-8,12-13,17,21H,6,9-11,14-16,18H2,1-2H3,(H,26,28)/t21-/m0/s1. The van der Waals surface area contributed by atoms with E-state index in [1.807, 2.05) is 48.2 Å². The van der Waals surface area contributed by atoms with Crippen LogP contribution in [0.15, 0.2) is 48.5 Å². The number of carbonyl (C=O) groups excluding carboxylic acids is 2. The van der Waals surface area contributed by atoms with E-state index in [-0.39, 0.29) is 11.8 Å². The van der Waals surface area contributed by atoms with Crippen molar-refractivity contribution in [1.29, 1.82) is 0 Å². The smallest absolute Gasteiger partial charge is 0.224 e. The van der Waals surface area contributed by atoms with Crippen LogP contribution in [0.25, 0.3) is 0 Å². The van der Waals surface area contributed by atoms with Crippen LogP contribution in [0.1, 0.15) is 43.2 Å². The number of anilines is 1.